The highest BCUT2D eigenvalue weighted by Crippen LogP contribution is 2.38. The molecule has 0 saturated heterocycles. The van der Waals surface area contributed by atoms with E-state index >= 15 is 0 Å². The summed E-state index contributed by atoms with van der Waals surface area (Å²) in [5, 5.41) is 1.68. The molecule has 2 rings (SSSR count). The van der Waals surface area contributed by atoms with E-state index < -0.39 is 0 Å². The first-order chi connectivity index (χ1) is 11.0. The van der Waals surface area contributed by atoms with Crippen LogP contribution in [0.2, 0.25) is 0 Å². The van der Waals surface area contributed by atoms with Gasteiger partial charge >= 0.3 is 0 Å². The smallest absolute Gasteiger partial charge is 0.190 e. The van der Waals surface area contributed by atoms with Crippen LogP contribution in [0.5, 0.6) is 0 Å². The van der Waals surface area contributed by atoms with Gasteiger partial charge in [-0.3, -0.25) is 4.79 Å². The topological polar surface area (TPSA) is 26.3 Å². The van der Waals surface area contributed by atoms with E-state index in [1.807, 2.05) is 19.1 Å². The summed E-state index contributed by atoms with van der Waals surface area (Å²) in [7, 11) is 1.64. The molecule has 0 atom stereocenters. The molecule has 0 spiro atoms. The highest BCUT2D eigenvalue weighted by molar-refractivity contribution is 8.13. The number of thioether (sulfide) groups is 1. The molecular weight excluding hydrogens is 311 g/mol. The number of ether oxygens (including phenoxy) is 1. The Bertz CT molecular complexity index is 766. The number of hydrogen-bond donors (Lipinski definition) is 0. The van der Waals surface area contributed by atoms with Crippen molar-refractivity contribution in [3.63, 3.8) is 0 Å². The summed E-state index contributed by atoms with van der Waals surface area (Å²) < 4.78 is 19.2. The standard InChI is InChI=1S/C19H21FO2S/c1-5-7-15-17(18(6-2)22-4)10-13-8-9-14(20)11-16(13)19(15)23-12(3)21/h6,8-11H,5,7H2,1-4H3/b18-6+. The Kier molecular flexibility index (Phi) is 5.83. The maximum atomic E-state index is 13.7. The van der Waals surface area contributed by atoms with Crippen molar-refractivity contribution in [1.82, 2.24) is 0 Å². The third-order valence-corrected chi connectivity index (χ3v) is 4.61. The number of carbonyl (C=O) groups is 1. The Morgan fingerprint density at radius 3 is 2.65 bits per heavy atom. The van der Waals surface area contributed by atoms with Gasteiger partial charge in [-0.15, -0.1) is 0 Å². The van der Waals surface area contributed by atoms with Crippen LogP contribution in [0.25, 0.3) is 16.5 Å². The molecule has 2 aromatic rings. The molecule has 0 fully saturated rings. The molecule has 2 nitrogen and oxygen atoms in total. The lowest BCUT2D eigenvalue weighted by Gasteiger charge is -2.18. The van der Waals surface area contributed by atoms with Crippen molar-refractivity contribution in [2.75, 3.05) is 7.11 Å². The number of methoxy groups -OCH3 is 1. The fraction of sp³-hybridized carbons (Fsp3) is 0.316. The highest BCUT2D eigenvalue weighted by Gasteiger charge is 2.18. The highest BCUT2D eigenvalue weighted by atomic mass is 32.2. The number of carbonyl (C=O) groups excluding carboxylic acids is 1. The molecule has 4 heteroatoms. The van der Waals surface area contributed by atoms with Gasteiger partial charge in [0.2, 0.25) is 0 Å². The maximum absolute atomic E-state index is 13.7. The van der Waals surface area contributed by atoms with Crippen LogP contribution in [0, 0.1) is 5.82 Å². The summed E-state index contributed by atoms with van der Waals surface area (Å²) in [5.74, 6) is 0.473. The van der Waals surface area contributed by atoms with E-state index in [1.165, 1.54) is 30.8 Å². The molecule has 0 aliphatic carbocycles. The van der Waals surface area contributed by atoms with Crippen molar-refractivity contribution in [3.05, 3.63) is 47.3 Å². The minimum atomic E-state index is -0.295. The SMILES string of the molecule is C/C=C(/OC)c1cc2ccc(F)cc2c(SC(C)=O)c1CCC. The van der Waals surface area contributed by atoms with E-state index in [0.29, 0.717) is 0 Å². The third-order valence-electron chi connectivity index (χ3n) is 3.65. The molecule has 0 saturated carbocycles. The van der Waals surface area contributed by atoms with Crippen LogP contribution in [0.3, 0.4) is 0 Å². The van der Waals surface area contributed by atoms with E-state index in [4.69, 9.17) is 4.74 Å². The van der Waals surface area contributed by atoms with Gasteiger partial charge in [0.05, 0.1) is 7.11 Å². The molecule has 0 radical (unpaired) electrons. The van der Waals surface area contributed by atoms with Crippen LogP contribution in [0.1, 0.15) is 38.3 Å². The van der Waals surface area contributed by atoms with Gasteiger partial charge in [-0.2, -0.15) is 0 Å². The largest absolute Gasteiger partial charge is 0.496 e. The van der Waals surface area contributed by atoms with E-state index in [1.54, 1.807) is 13.2 Å². The van der Waals surface area contributed by atoms with Crippen molar-refractivity contribution < 1.29 is 13.9 Å². The Hall–Kier alpha value is -1.81. The van der Waals surface area contributed by atoms with Gasteiger partial charge in [0, 0.05) is 17.4 Å². The summed E-state index contributed by atoms with van der Waals surface area (Å²) in [4.78, 5) is 12.6. The van der Waals surface area contributed by atoms with Crippen LogP contribution in [-0.2, 0) is 16.0 Å². The van der Waals surface area contributed by atoms with E-state index in [2.05, 4.69) is 6.92 Å². The second-order valence-electron chi connectivity index (χ2n) is 5.30. The fourth-order valence-corrected chi connectivity index (χ4v) is 3.65. The van der Waals surface area contributed by atoms with E-state index in [9.17, 15) is 9.18 Å². The van der Waals surface area contributed by atoms with E-state index in [0.717, 1.165) is 45.4 Å². The minimum Gasteiger partial charge on any atom is -0.496 e. The lowest BCUT2D eigenvalue weighted by Crippen LogP contribution is -2.01. The van der Waals surface area contributed by atoms with Gasteiger partial charge in [-0.1, -0.05) is 31.2 Å². The lowest BCUT2D eigenvalue weighted by atomic mass is 9.96. The molecule has 0 unspecified atom stereocenters. The van der Waals surface area contributed by atoms with Gasteiger partial charge < -0.3 is 4.74 Å². The Labute approximate surface area is 140 Å². The third kappa shape index (κ3) is 3.75. The zero-order valence-corrected chi connectivity index (χ0v) is 14.7. The zero-order valence-electron chi connectivity index (χ0n) is 13.9. The summed E-state index contributed by atoms with van der Waals surface area (Å²) in [6, 6.07) is 6.71. The fourth-order valence-electron chi connectivity index (χ4n) is 2.74. The first-order valence-electron chi connectivity index (χ1n) is 7.66. The average molecular weight is 332 g/mol. The normalized spacial score (nSPS) is 11.8. The quantitative estimate of drug-likeness (QED) is 0.528. The number of fused-ring (bicyclic) bond motifs is 1. The summed E-state index contributed by atoms with van der Waals surface area (Å²) in [6.07, 6.45) is 3.64. The van der Waals surface area contributed by atoms with Gasteiger partial charge in [0.25, 0.3) is 0 Å². The minimum absolute atomic E-state index is 0.00971. The summed E-state index contributed by atoms with van der Waals surface area (Å²) in [6.45, 7) is 5.54. The average Bonchev–Trinajstić information content (AvgIpc) is 2.51. The van der Waals surface area contributed by atoms with Crippen LogP contribution in [0.15, 0.2) is 35.2 Å². The predicted molar refractivity (Wildman–Crippen MR) is 95.1 cm³/mol. The van der Waals surface area contributed by atoms with Crippen molar-refractivity contribution in [2.45, 2.75) is 38.5 Å². The maximum Gasteiger partial charge on any atom is 0.190 e. The van der Waals surface area contributed by atoms with Crippen molar-refractivity contribution >= 4 is 33.4 Å². The number of allylic oxidation sites excluding steroid dienone is 1. The van der Waals surface area contributed by atoms with Crippen LogP contribution < -0.4 is 0 Å². The Morgan fingerprint density at radius 2 is 2.09 bits per heavy atom. The molecule has 0 heterocycles. The second kappa shape index (κ2) is 7.64. The molecule has 0 aromatic heterocycles. The number of rotatable bonds is 5. The van der Waals surface area contributed by atoms with Gasteiger partial charge in [-0.25, -0.2) is 4.39 Å². The Balaban J connectivity index is 2.87. The zero-order chi connectivity index (χ0) is 17.0. The monoisotopic (exact) mass is 332 g/mol. The van der Waals surface area contributed by atoms with Crippen LogP contribution >= 0.6 is 11.8 Å². The van der Waals surface area contributed by atoms with Crippen molar-refractivity contribution in [1.29, 1.82) is 0 Å². The molecular formula is C19H21FO2S. The van der Waals surface area contributed by atoms with Crippen molar-refractivity contribution in [2.24, 2.45) is 0 Å². The molecule has 0 aliphatic rings. The van der Waals surface area contributed by atoms with Gasteiger partial charge in [-0.05, 0) is 54.0 Å². The number of halogens is 1. The molecule has 23 heavy (non-hydrogen) atoms. The molecule has 122 valence electrons. The second-order valence-corrected chi connectivity index (χ2v) is 6.49. The summed E-state index contributed by atoms with van der Waals surface area (Å²) in [5.41, 5.74) is 2.01. The number of hydrogen-bond acceptors (Lipinski definition) is 3. The van der Waals surface area contributed by atoms with Crippen LogP contribution in [-0.4, -0.2) is 12.2 Å². The van der Waals surface area contributed by atoms with Crippen LogP contribution in [0.4, 0.5) is 4.39 Å². The molecule has 2 aromatic carbocycles. The predicted octanol–water partition coefficient (Wildman–Crippen LogP) is 5.58. The molecule has 0 amide bonds. The van der Waals surface area contributed by atoms with E-state index in [-0.39, 0.29) is 10.9 Å². The molecule has 0 N–H and O–H groups in total. The first kappa shape index (κ1) is 17.5. The molecule has 0 bridgehead atoms. The Morgan fingerprint density at radius 1 is 1.35 bits per heavy atom. The van der Waals surface area contributed by atoms with Gasteiger partial charge in [0.15, 0.2) is 5.12 Å². The first-order valence-corrected chi connectivity index (χ1v) is 8.47. The molecule has 0 aliphatic heterocycles. The van der Waals surface area contributed by atoms with Gasteiger partial charge in [0.1, 0.15) is 11.6 Å². The lowest BCUT2D eigenvalue weighted by molar-refractivity contribution is -0.109. The summed E-state index contributed by atoms with van der Waals surface area (Å²) >= 11 is 1.17. The number of benzene rings is 2. The van der Waals surface area contributed by atoms with Crippen molar-refractivity contribution in [3.8, 4) is 0 Å².